The van der Waals surface area contributed by atoms with Gasteiger partial charge in [0, 0.05) is 18.2 Å². The van der Waals surface area contributed by atoms with E-state index in [1.165, 1.54) is 17.0 Å². The summed E-state index contributed by atoms with van der Waals surface area (Å²) in [6.07, 6.45) is 1.15. The summed E-state index contributed by atoms with van der Waals surface area (Å²) >= 11 is 0. The molecule has 1 heterocycles. The quantitative estimate of drug-likeness (QED) is 0.820. The lowest BCUT2D eigenvalue weighted by atomic mass is 10.1. The van der Waals surface area contributed by atoms with Crippen LogP contribution in [0.2, 0.25) is 0 Å². The van der Waals surface area contributed by atoms with Gasteiger partial charge in [-0.25, -0.2) is 9.18 Å². The van der Waals surface area contributed by atoms with Gasteiger partial charge >= 0.3 is 6.09 Å². The molecule has 1 aliphatic heterocycles. The van der Waals surface area contributed by atoms with E-state index in [-0.39, 0.29) is 6.61 Å². The number of nitrogens with zero attached hydrogens (tertiary/aromatic N) is 1. The monoisotopic (exact) mass is 323 g/mol. The highest BCUT2D eigenvalue weighted by molar-refractivity contribution is 6.01. The first-order chi connectivity index (χ1) is 11.6. The van der Waals surface area contributed by atoms with Crippen LogP contribution in [0.5, 0.6) is 0 Å². The predicted octanol–water partition coefficient (Wildman–Crippen LogP) is 3.25. The van der Waals surface area contributed by atoms with E-state index in [1.54, 1.807) is 43.5 Å². The van der Waals surface area contributed by atoms with Gasteiger partial charge in [-0.3, -0.25) is 4.90 Å². The zero-order chi connectivity index (χ0) is 17.1. The van der Waals surface area contributed by atoms with Gasteiger partial charge in [-0.1, -0.05) is 24.0 Å². The average molecular weight is 323 g/mol. The standard InChI is InChI=1S/C19H14FNO3/c1-21-17-9-8-15(20)12-16(17)18(24-19(21)23)11-14-6-4-13(5-7-14)3-2-10-22/h4-9,11-12,22H,10H2,1H3/b18-11-. The minimum absolute atomic E-state index is 0.197. The molecule has 0 aliphatic carbocycles. The predicted molar refractivity (Wildman–Crippen MR) is 89.6 cm³/mol. The minimum Gasteiger partial charge on any atom is -0.409 e. The molecule has 5 heteroatoms. The van der Waals surface area contributed by atoms with Crippen LogP contribution in [0.4, 0.5) is 14.9 Å². The van der Waals surface area contributed by atoms with Crippen LogP contribution < -0.4 is 4.90 Å². The molecule has 1 aliphatic rings. The summed E-state index contributed by atoms with van der Waals surface area (Å²) in [6.45, 7) is -0.197. The molecule has 2 aromatic rings. The van der Waals surface area contributed by atoms with E-state index in [0.717, 1.165) is 11.1 Å². The number of aliphatic hydroxyl groups is 1. The normalized spacial score (nSPS) is 14.7. The van der Waals surface area contributed by atoms with E-state index in [2.05, 4.69) is 11.8 Å². The molecule has 3 rings (SSSR count). The first-order valence-corrected chi connectivity index (χ1v) is 7.25. The third-order valence-corrected chi connectivity index (χ3v) is 3.58. The van der Waals surface area contributed by atoms with Gasteiger partial charge in [0.2, 0.25) is 0 Å². The van der Waals surface area contributed by atoms with E-state index in [9.17, 15) is 9.18 Å². The van der Waals surface area contributed by atoms with Crippen molar-refractivity contribution >= 4 is 23.6 Å². The molecular weight excluding hydrogens is 309 g/mol. The van der Waals surface area contributed by atoms with Crippen LogP contribution in [0, 0.1) is 17.7 Å². The van der Waals surface area contributed by atoms with Crippen molar-refractivity contribution < 1.29 is 19.0 Å². The highest BCUT2D eigenvalue weighted by Crippen LogP contribution is 2.34. The Morgan fingerprint density at radius 1 is 1.25 bits per heavy atom. The van der Waals surface area contributed by atoms with Crippen LogP contribution in [0.3, 0.4) is 0 Å². The highest BCUT2D eigenvalue weighted by atomic mass is 19.1. The van der Waals surface area contributed by atoms with Crippen LogP contribution in [0.25, 0.3) is 11.8 Å². The second kappa shape index (κ2) is 6.57. The SMILES string of the molecule is CN1C(=O)O/C(=C\c2ccc(C#CCO)cc2)c2cc(F)ccc21. The van der Waals surface area contributed by atoms with E-state index < -0.39 is 11.9 Å². The number of benzene rings is 2. The molecule has 0 spiro atoms. The number of fused-ring (bicyclic) bond motifs is 1. The zero-order valence-electron chi connectivity index (χ0n) is 12.9. The number of hydrogen-bond donors (Lipinski definition) is 1. The Morgan fingerprint density at radius 2 is 2.00 bits per heavy atom. The van der Waals surface area contributed by atoms with Gasteiger partial charge in [0.25, 0.3) is 0 Å². The maximum Gasteiger partial charge on any atom is 0.419 e. The molecule has 1 amide bonds. The first-order valence-electron chi connectivity index (χ1n) is 7.25. The Balaban J connectivity index is 2.00. The highest BCUT2D eigenvalue weighted by Gasteiger charge is 2.26. The third kappa shape index (κ3) is 3.14. The molecule has 0 saturated carbocycles. The van der Waals surface area contributed by atoms with Crippen molar-refractivity contribution in [1.29, 1.82) is 0 Å². The number of amides is 1. The fourth-order valence-corrected chi connectivity index (χ4v) is 2.38. The lowest BCUT2D eigenvalue weighted by Crippen LogP contribution is -2.31. The van der Waals surface area contributed by atoms with Gasteiger partial charge in [-0.2, -0.15) is 0 Å². The number of cyclic esters (lactones) is 1. The lowest BCUT2D eigenvalue weighted by molar-refractivity contribution is 0.199. The number of hydrogen-bond acceptors (Lipinski definition) is 3. The minimum atomic E-state index is -0.522. The molecule has 0 radical (unpaired) electrons. The Labute approximate surface area is 138 Å². The molecule has 0 fully saturated rings. The summed E-state index contributed by atoms with van der Waals surface area (Å²) in [5.41, 5.74) is 2.65. The fraction of sp³-hybridized carbons (Fsp3) is 0.105. The van der Waals surface area contributed by atoms with Gasteiger partial charge in [-0.05, 0) is 42.0 Å². The van der Waals surface area contributed by atoms with Gasteiger partial charge < -0.3 is 9.84 Å². The number of rotatable bonds is 1. The van der Waals surface area contributed by atoms with Crippen molar-refractivity contribution in [3.63, 3.8) is 0 Å². The summed E-state index contributed by atoms with van der Waals surface area (Å²) in [4.78, 5) is 13.3. The molecular formula is C19H14FNO3. The molecule has 0 atom stereocenters. The van der Waals surface area contributed by atoms with Crippen molar-refractivity contribution in [2.24, 2.45) is 0 Å². The van der Waals surface area contributed by atoms with Crippen LogP contribution in [0.1, 0.15) is 16.7 Å². The van der Waals surface area contributed by atoms with Gasteiger partial charge in [0.1, 0.15) is 18.2 Å². The molecule has 2 aromatic carbocycles. The van der Waals surface area contributed by atoms with Crippen molar-refractivity contribution in [3.05, 3.63) is 65.0 Å². The van der Waals surface area contributed by atoms with Crippen molar-refractivity contribution in [3.8, 4) is 11.8 Å². The Hall–Kier alpha value is -3.10. The van der Waals surface area contributed by atoms with Gasteiger partial charge in [0.05, 0.1) is 5.69 Å². The van der Waals surface area contributed by atoms with Crippen LogP contribution in [-0.4, -0.2) is 24.9 Å². The largest absolute Gasteiger partial charge is 0.419 e. The van der Waals surface area contributed by atoms with Gasteiger partial charge in [-0.15, -0.1) is 0 Å². The average Bonchev–Trinajstić information content (AvgIpc) is 2.59. The molecule has 0 unspecified atom stereocenters. The summed E-state index contributed by atoms with van der Waals surface area (Å²) < 4.78 is 18.9. The molecule has 24 heavy (non-hydrogen) atoms. The number of carbonyl (C=O) groups is 1. The topological polar surface area (TPSA) is 49.8 Å². The number of ether oxygens (including phenoxy) is 1. The fourth-order valence-electron chi connectivity index (χ4n) is 2.38. The Kier molecular flexibility index (Phi) is 4.32. The van der Waals surface area contributed by atoms with E-state index in [1.807, 2.05) is 0 Å². The van der Waals surface area contributed by atoms with Crippen molar-refractivity contribution in [2.45, 2.75) is 0 Å². The summed E-state index contributed by atoms with van der Waals surface area (Å²) in [6, 6.07) is 11.4. The maximum absolute atomic E-state index is 13.6. The summed E-state index contributed by atoms with van der Waals surface area (Å²) in [5.74, 6) is 5.26. The van der Waals surface area contributed by atoms with E-state index >= 15 is 0 Å². The smallest absolute Gasteiger partial charge is 0.409 e. The van der Waals surface area contributed by atoms with Gasteiger partial charge in [0.15, 0.2) is 0 Å². The maximum atomic E-state index is 13.6. The third-order valence-electron chi connectivity index (χ3n) is 3.58. The molecule has 4 nitrogen and oxygen atoms in total. The molecule has 0 aromatic heterocycles. The molecule has 1 N–H and O–H groups in total. The van der Waals surface area contributed by atoms with Crippen molar-refractivity contribution in [2.75, 3.05) is 18.6 Å². The Bertz CT molecular complexity index is 876. The lowest BCUT2D eigenvalue weighted by Gasteiger charge is -2.27. The number of carbonyl (C=O) groups excluding carboxylic acids is 1. The number of halogens is 1. The van der Waals surface area contributed by atoms with Crippen LogP contribution in [-0.2, 0) is 4.74 Å². The number of anilines is 1. The first kappa shape index (κ1) is 15.8. The second-order valence-electron chi connectivity index (χ2n) is 5.18. The van der Waals surface area contributed by atoms with Crippen molar-refractivity contribution in [1.82, 2.24) is 0 Å². The van der Waals surface area contributed by atoms with Crippen LogP contribution >= 0.6 is 0 Å². The summed E-state index contributed by atoms with van der Waals surface area (Å²) in [5, 5.41) is 8.69. The molecule has 0 saturated heterocycles. The number of aliphatic hydroxyl groups excluding tert-OH is 1. The van der Waals surface area contributed by atoms with E-state index in [0.29, 0.717) is 17.0 Å². The second-order valence-corrected chi connectivity index (χ2v) is 5.18. The van der Waals surface area contributed by atoms with E-state index in [4.69, 9.17) is 9.84 Å². The Morgan fingerprint density at radius 3 is 2.71 bits per heavy atom. The summed E-state index contributed by atoms with van der Waals surface area (Å²) in [7, 11) is 1.57. The molecule has 0 bridgehead atoms. The van der Waals surface area contributed by atoms with Crippen LogP contribution in [0.15, 0.2) is 42.5 Å². The zero-order valence-corrected chi connectivity index (χ0v) is 12.9. The molecule has 120 valence electrons.